The van der Waals surface area contributed by atoms with Gasteiger partial charge in [-0.15, -0.1) is 0 Å². The van der Waals surface area contributed by atoms with E-state index in [4.69, 9.17) is 9.57 Å². The summed E-state index contributed by atoms with van der Waals surface area (Å²) in [7, 11) is 1.62. The molecule has 2 aliphatic rings. The average molecular weight is 474 g/mol. The smallest absolute Gasteiger partial charge is 0.243 e. The summed E-state index contributed by atoms with van der Waals surface area (Å²) in [5, 5.41) is 4.39. The van der Waals surface area contributed by atoms with Crippen LogP contribution in [0.1, 0.15) is 42.9 Å². The number of fused-ring (bicyclic) bond motifs is 1. The number of piperidine rings is 1. The number of oxime groups is 1. The van der Waals surface area contributed by atoms with Crippen LogP contribution in [0.25, 0.3) is 6.08 Å². The number of benzene rings is 2. The van der Waals surface area contributed by atoms with Gasteiger partial charge in [-0.05, 0) is 67.3 Å². The number of nitrogens with zero attached hydrogens (tertiary/aromatic N) is 3. The third-order valence-electron chi connectivity index (χ3n) is 6.14. The van der Waals surface area contributed by atoms with Crippen molar-refractivity contribution in [1.29, 1.82) is 0 Å². The van der Waals surface area contributed by atoms with Gasteiger partial charge in [-0.3, -0.25) is 4.99 Å². The van der Waals surface area contributed by atoms with Gasteiger partial charge in [-0.1, -0.05) is 36.0 Å². The first-order valence-corrected chi connectivity index (χ1v) is 11.5. The van der Waals surface area contributed by atoms with Gasteiger partial charge in [0, 0.05) is 23.9 Å². The number of methoxy groups -OCH3 is 1. The van der Waals surface area contributed by atoms with Gasteiger partial charge < -0.3 is 19.3 Å². The molecule has 0 spiro atoms. The standard InChI is InChI=1S/C28H28FN3O3/c1-4-15-30-25(5-2)24-13-8-20(19-26(24)34-3)18-21-7-6-16-32-27(21)31-35-28(32,14-17-33)22-9-11-23(29)12-10-22/h4-5,8-13,15,17-19H,2,6-7,14,16H2,1,3H3. The van der Waals surface area contributed by atoms with Crippen molar-refractivity contribution in [3.63, 3.8) is 0 Å². The molecule has 0 aromatic heterocycles. The molecule has 6 nitrogen and oxygen atoms in total. The summed E-state index contributed by atoms with van der Waals surface area (Å²) in [6.45, 7) is 6.44. The average Bonchev–Trinajstić information content (AvgIpc) is 3.26. The van der Waals surface area contributed by atoms with Crippen molar-refractivity contribution in [1.82, 2.24) is 4.90 Å². The second-order valence-electron chi connectivity index (χ2n) is 8.25. The molecule has 1 fully saturated rings. The molecule has 35 heavy (non-hydrogen) atoms. The largest absolute Gasteiger partial charge is 0.496 e. The molecule has 4 rings (SSSR count). The van der Waals surface area contributed by atoms with Gasteiger partial charge in [0.05, 0.1) is 19.2 Å². The lowest BCUT2D eigenvalue weighted by Crippen LogP contribution is -2.49. The summed E-state index contributed by atoms with van der Waals surface area (Å²) in [6.07, 6.45) is 9.89. The van der Waals surface area contributed by atoms with E-state index < -0.39 is 5.72 Å². The van der Waals surface area contributed by atoms with E-state index in [1.165, 1.54) is 12.1 Å². The maximum absolute atomic E-state index is 13.6. The molecular weight excluding hydrogens is 445 g/mol. The van der Waals surface area contributed by atoms with E-state index in [0.717, 1.165) is 41.5 Å². The van der Waals surface area contributed by atoms with Gasteiger partial charge in [-0.25, -0.2) is 4.39 Å². The van der Waals surface area contributed by atoms with E-state index in [2.05, 4.69) is 22.8 Å². The second-order valence-corrected chi connectivity index (χ2v) is 8.25. The fourth-order valence-corrected chi connectivity index (χ4v) is 4.48. The molecule has 1 saturated heterocycles. The van der Waals surface area contributed by atoms with Crippen LogP contribution in [0.3, 0.4) is 0 Å². The Bertz CT molecular complexity index is 1230. The second kappa shape index (κ2) is 10.5. The number of hydrogen-bond acceptors (Lipinski definition) is 6. The van der Waals surface area contributed by atoms with Crippen molar-refractivity contribution >= 4 is 23.9 Å². The third-order valence-corrected chi connectivity index (χ3v) is 6.14. The zero-order valence-electron chi connectivity index (χ0n) is 19.9. The maximum Gasteiger partial charge on any atom is 0.243 e. The molecule has 2 heterocycles. The number of aliphatic imine (C=N–C) groups is 1. The summed E-state index contributed by atoms with van der Waals surface area (Å²) >= 11 is 0. The summed E-state index contributed by atoms with van der Waals surface area (Å²) in [5.74, 6) is 1.02. The number of aldehydes is 1. The topological polar surface area (TPSA) is 63.5 Å². The van der Waals surface area contributed by atoms with Gasteiger partial charge in [0.1, 0.15) is 17.9 Å². The molecule has 0 saturated carbocycles. The predicted molar refractivity (Wildman–Crippen MR) is 136 cm³/mol. The minimum absolute atomic E-state index is 0.0807. The molecule has 2 aliphatic heterocycles. The molecule has 2 aromatic carbocycles. The van der Waals surface area contributed by atoms with Gasteiger partial charge >= 0.3 is 0 Å². The van der Waals surface area contributed by atoms with Crippen LogP contribution in [0.4, 0.5) is 4.39 Å². The van der Waals surface area contributed by atoms with Gasteiger partial charge in [0.15, 0.2) is 5.84 Å². The predicted octanol–water partition coefficient (Wildman–Crippen LogP) is 5.61. The lowest BCUT2D eigenvalue weighted by molar-refractivity contribution is -0.132. The Labute approximate surface area is 204 Å². The highest BCUT2D eigenvalue weighted by Gasteiger charge is 2.49. The molecule has 0 N–H and O–H groups in total. The normalized spacial score (nSPS) is 21.0. The fraction of sp³-hybridized carbons (Fsp3) is 0.250. The Kier molecular flexibility index (Phi) is 7.25. The van der Waals surface area contributed by atoms with E-state index in [0.29, 0.717) is 23.7 Å². The first-order chi connectivity index (χ1) is 17.1. The molecule has 0 aliphatic carbocycles. The summed E-state index contributed by atoms with van der Waals surface area (Å²) in [6, 6.07) is 11.9. The van der Waals surface area contributed by atoms with Crippen molar-refractivity contribution in [2.24, 2.45) is 10.1 Å². The molecule has 0 amide bonds. The van der Waals surface area contributed by atoms with Crippen LogP contribution < -0.4 is 4.74 Å². The van der Waals surface area contributed by atoms with Gasteiger partial charge in [0.2, 0.25) is 5.72 Å². The summed E-state index contributed by atoms with van der Waals surface area (Å²) in [4.78, 5) is 24.0. The van der Waals surface area contributed by atoms with Crippen LogP contribution in [0.5, 0.6) is 5.75 Å². The van der Waals surface area contributed by atoms with Gasteiger partial charge in [0.25, 0.3) is 0 Å². The first kappa shape index (κ1) is 24.1. The Morgan fingerprint density at radius 2 is 2.11 bits per heavy atom. The van der Waals surface area contributed by atoms with Crippen molar-refractivity contribution in [2.75, 3.05) is 13.7 Å². The molecule has 2 aromatic rings. The highest BCUT2D eigenvalue weighted by molar-refractivity contribution is 6.11. The number of carbonyl (C=O) groups excluding carboxylic acids is 1. The number of halogens is 1. The lowest BCUT2D eigenvalue weighted by Gasteiger charge is -2.39. The molecule has 0 bridgehead atoms. The Balaban J connectivity index is 1.68. The molecule has 0 radical (unpaired) electrons. The van der Waals surface area contributed by atoms with Crippen LogP contribution in [-0.2, 0) is 15.4 Å². The minimum atomic E-state index is -1.08. The first-order valence-electron chi connectivity index (χ1n) is 11.5. The van der Waals surface area contributed by atoms with E-state index in [1.54, 1.807) is 31.5 Å². The monoisotopic (exact) mass is 473 g/mol. The van der Waals surface area contributed by atoms with E-state index in [-0.39, 0.29) is 12.2 Å². The minimum Gasteiger partial charge on any atom is -0.496 e. The van der Waals surface area contributed by atoms with Crippen LogP contribution in [0.15, 0.2) is 83.1 Å². The zero-order chi connectivity index (χ0) is 24.8. The van der Waals surface area contributed by atoms with Crippen LogP contribution in [0.2, 0.25) is 0 Å². The number of carbonyl (C=O) groups is 1. The number of ether oxygens (including phenoxy) is 1. The lowest BCUT2D eigenvalue weighted by atomic mass is 9.92. The summed E-state index contributed by atoms with van der Waals surface area (Å²) < 4.78 is 19.2. The number of rotatable bonds is 8. The van der Waals surface area contributed by atoms with E-state index in [9.17, 15) is 9.18 Å². The Hall–Kier alpha value is -4.00. The van der Waals surface area contributed by atoms with Crippen molar-refractivity contribution < 1.29 is 18.8 Å². The van der Waals surface area contributed by atoms with Crippen molar-refractivity contribution in [3.05, 3.63) is 95.5 Å². The van der Waals surface area contributed by atoms with Crippen molar-refractivity contribution in [3.8, 4) is 5.75 Å². The highest BCUT2D eigenvalue weighted by Crippen LogP contribution is 2.42. The van der Waals surface area contributed by atoms with Crippen LogP contribution in [0, 0.1) is 5.82 Å². The van der Waals surface area contributed by atoms with Crippen LogP contribution >= 0.6 is 0 Å². The van der Waals surface area contributed by atoms with E-state index in [1.807, 2.05) is 36.1 Å². The van der Waals surface area contributed by atoms with Crippen molar-refractivity contribution in [2.45, 2.75) is 31.9 Å². The fourth-order valence-electron chi connectivity index (χ4n) is 4.48. The number of hydrogen-bond donors (Lipinski definition) is 0. The molecule has 1 unspecified atom stereocenters. The number of allylic oxidation sites excluding steroid dienone is 2. The SMILES string of the molecule is C=CC(=NC=CC)c1ccc(C=C2CCCN3C2=NOC3(CC=O)c2ccc(F)cc2)cc1OC. The Morgan fingerprint density at radius 1 is 1.31 bits per heavy atom. The van der Waals surface area contributed by atoms with Crippen LogP contribution in [-0.4, -0.2) is 36.4 Å². The molecule has 1 atom stereocenters. The third kappa shape index (κ3) is 4.67. The molecule has 180 valence electrons. The molecular formula is C28H28FN3O3. The van der Waals surface area contributed by atoms with Gasteiger partial charge in [-0.2, -0.15) is 0 Å². The zero-order valence-corrected chi connectivity index (χ0v) is 19.9. The molecule has 7 heteroatoms. The quantitative estimate of drug-likeness (QED) is 0.369. The maximum atomic E-state index is 13.6. The Morgan fingerprint density at radius 3 is 2.80 bits per heavy atom. The summed E-state index contributed by atoms with van der Waals surface area (Å²) in [5.41, 5.74) is 3.11. The van der Waals surface area contributed by atoms with E-state index >= 15 is 0 Å². The highest BCUT2D eigenvalue weighted by atomic mass is 19.1. The number of amidine groups is 1.